The minimum atomic E-state index is -0.164. The highest BCUT2D eigenvalue weighted by Crippen LogP contribution is 2.45. The van der Waals surface area contributed by atoms with Gasteiger partial charge in [0.15, 0.2) is 0 Å². The van der Waals surface area contributed by atoms with Gasteiger partial charge in [-0.15, -0.1) is 0 Å². The third-order valence-electron chi connectivity index (χ3n) is 4.80. The maximum atomic E-state index is 10.8. The van der Waals surface area contributed by atoms with Crippen LogP contribution < -0.4 is 5.73 Å². The van der Waals surface area contributed by atoms with Crippen LogP contribution in [0.1, 0.15) is 45.4 Å². The monoisotopic (exact) mass is 257 g/mol. The van der Waals surface area contributed by atoms with Crippen LogP contribution in [-0.2, 0) is 0 Å². The molecular formula is C14H27NOS. The number of thioether (sulfide) groups is 1. The molecule has 1 saturated carbocycles. The van der Waals surface area contributed by atoms with E-state index in [1.165, 1.54) is 31.4 Å². The Balaban J connectivity index is 2.04. The lowest BCUT2D eigenvalue weighted by atomic mass is 9.64. The first-order valence-electron chi connectivity index (χ1n) is 7.14. The van der Waals surface area contributed by atoms with Crippen LogP contribution in [-0.4, -0.2) is 29.3 Å². The van der Waals surface area contributed by atoms with Gasteiger partial charge in [0.1, 0.15) is 0 Å². The molecule has 0 radical (unpaired) electrons. The summed E-state index contributed by atoms with van der Waals surface area (Å²) in [5.74, 6) is 3.63. The van der Waals surface area contributed by atoms with Gasteiger partial charge in [0.2, 0.25) is 0 Å². The minimum absolute atomic E-state index is 0.0280. The second kappa shape index (κ2) is 5.94. The van der Waals surface area contributed by atoms with Gasteiger partial charge in [0.05, 0.1) is 6.10 Å². The molecule has 1 aliphatic carbocycles. The standard InChI is InChI=1S/C14H27NOS/c1-11-4-2-6-14(8-11,10-15)13(16)12-5-3-7-17-9-12/h11-13,16H,2-10,15H2,1H3. The van der Waals surface area contributed by atoms with Gasteiger partial charge in [-0.05, 0) is 49.0 Å². The predicted molar refractivity (Wildman–Crippen MR) is 75.2 cm³/mol. The first-order valence-corrected chi connectivity index (χ1v) is 8.29. The van der Waals surface area contributed by atoms with Crippen molar-refractivity contribution in [3.63, 3.8) is 0 Å². The van der Waals surface area contributed by atoms with E-state index in [9.17, 15) is 5.11 Å². The van der Waals surface area contributed by atoms with Crippen LogP contribution in [0.3, 0.4) is 0 Å². The summed E-state index contributed by atoms with van der Waals surface area (Å²) in [6.45, 7) is 2.98. The Kier molecular flexibility index (Phi) is 4.79. The molecule has 0 spiro atoms. The van der Waals surface area contributed by atoms with Gasteiger partial charge in [-0.3, -0.25) is 0 Å². The third kappa shape index (κ3) is 2.99. The number of aliphatic hydroxyl groups is 1. The Morgan fingerprint density at radius 2 is 2.24 bits per heavy atom. The predicted octanol–water partition coefficient (Wildman–Crippen LogP) is 2.65. The lowest BCUT2D eigenvalue weighted by Crippen LogP contribution is -2.49. The fourth-order valence-corrected chi connectivity index (χ4v) is 4.98. The Morgan fingerprint density at radius 3 is 2.82 bits per heavy atom. The maximum Gasteiger partial charge on any atom is 0.0644 e. The average molecular weight is 257 g/mol. The van der Waals surface area contributed by atoms with E-state index in [1.54, 1.807) is 0 Å². The smallest absolute Gasteiger partial charge is 0.0644 e. The van der Waals surface area contributed by atoms with Crippen molar-refractivity contribution >= 4 is 11.8 Å². The highest BCUT2D eigenvalue weighted by atomic mass is 32.2. The van der Waals surface area contributed by atoms with E-state index in [0.29, 0.717) is 12.5 Å². The fourth-order valence-electron chi connectivity index (χ4n) is 3.79. The Bertz CT molecular complexity index is 242. The molecular weight excluding hydrogens is 230 g/mol. The molecule has 17 heavy (non-hydrogen) atoms. The van der Waals surface area contributed by atoms with Gasteiger partial charge in [0.25, 0.3) is 0 Å². The zero-order valence-corrected chi connectivity index (χ0v) is 11.8. The van der Waals surface area contributed by atoms with Crippen molar-refractivity contribution in [3.05, 3.63) is 0 Å². The highest BCUT2D eigenvalue weighted by molar-refractivity contribution is 7.99. The van der Waals surface area contributed by atoms with Gasteiger partial charge >= 0.3 is 0 Å². The zero-order chi connectivity index (χ0) is 12.3. The maximum absolute atomic E-state index is 10.8. The van der Waals surface area contributed by atoms with E-state index in [-0.39, 0.29) is 11.5 Å². The molecule has 1 aliphatic heterocycles. The SMILES string of the molecule is CC1CCCC(CN)(C(O)C2CCCSC2)C1. The largest absolute Gasteiger partial charge is 0.392 e. The van der Waals surface area contributed by atoms with Crippen molar-refractivity contribution in [1.29, 1.82) is 0 Å². The highest BCUT2D eigenvalue weighted by Gasteiger charge is 2.43. The minimum Gasteiger partial charge on any atom is -0.392 e. The molecule has 2 nitrogen and oxygen atoms in total. The molecule has 100 valence electrons. The van der Waals surface area contributed by atoms with E-state index >= 15 is 0 Å². The normalized spacial score (nSPS) is 41.1. The number of nitrogens with two attached hydrogens (primary N) is 1. The topological polar surface area (TPSA) is 46.2 Å². The molecule has 2 fully saturated rings. The van der Waals surface area contributed by atoms with Crippen LogP contribution in [0.25, 0.3) is 0 Å². The Labute approximate surface area is 110 Å². The molecule has 0 amide bonds. The van der Waals surface area contributed by atoms with Gasteiger partial charge in [-0.25, -0.2) is 0 Å². The summed E-state index contributed by atoms with van der Waals surface area (Å²) in [5, 5.41) is 10.8. The van der Waals surface area contributed by atoms with Gasteiger partial charge in [-0.2, -0.15) is 11.8 Å². The van der Waals surface area contributed by atoms with Crippen LogP contribution >= 0.6 is 11.8 Å². The zero-order valence-electron chi connectivity index (χ0n) is 11.0. The molecule has 4 atom stereocenters. The molecule has 1 heterocycles. The molecule has 0 bridgehead atoms. The summed E-state index contributed by atoms with van der Waals surface area (Å²) >= 11 is 2.00. The Morgan fingerprint density at radius 1 is 1.41 bits per heavy atom. The molecule has 1 saturated heterocycles. The summed E-state index contributed by atoms with van der Waals surface area (Å²) in [6, 6.07) is 0. The quantitative estimate of drug-likeness (QED) is 0.817. The van der Waals surface area contributed by atoms with Crippen molar-refractivity contribution in [2.45, 2.75) is 51.6 Å². The van der Waals surface area contributed by atoms with Crippen LogP contribution in [0.2, 0.25) is 0 Å². The van der Waals surface area contributed by atoms with Gasteiger partial charge < -0.3 is 10.8 Å². The van der Waals surface area contributed by atoms with Gasteiger partial charge in [-0.1, -0.05) is 19.8 Å². The molecule has 3 N–H and O–H groups in total. The van der Waals surface area contributed by atoms with Crippen molar-refractivity contribution < 1.29 is 5.11 Å². The molecule has 0 aromatic carbocycles. The molecule has 2 aliphatic rings. The van der Waals surface area contributed by atoms with Crippen LogP contribution in [0, 0.1) is 17.3 Å². The summed E-state index contributed by atoms with van der Waals surface area (Å²) < 4.78 is 0. The van der Waals surface area contributed by atoms with Crippen molar-refractivity contribution in [3.8, 4) is 0 Å². The lowest BCUT2D eigenvalue weighted by molar-refractivity contribution is -0.0441. The third-order valence-corrected chi connectivity index (χ3v) is 6.04. The summed E-state index contributed by atoms with van der Waals surface area (Å²) in [4.78, 5) is 0. The van der Waals surface area contributed by atoms with Gasteiger partial charge in [0, 0.05) is 12.0 Å². The van der Waals surface area contributed by atoms with E-state index < -0.39 is 0 Å². The van der Waals surface area contributed by atoms with Crippen molar-refractivity contribution in [2.75, 3.05) is 18.1 Å². The summed E-state index contributed by atoms with van der Waals surface area (Å²) in [5.41, 5.74) is 6.07. The number of hydrogen-bond acceptors (Lipinski definition) is 3. The molecule has 0 aromatic heterocycles. The second-order valence-corrected chi connectivity index (χ2v) is 7.34. The lowest BCUT2D eigenvalue weighted by Gasteiger charge is -2.46. The van der Waals surface area contributed by atoms with E-state index in [0.717, 1.165) is 24.5 Å². The Hall–Kier alpha value is 0.270. The first-order chi connectivity index (χ1) is 8.18. The van der Waals surface area contributed by atoms with E-state index in [4.69, 9.17) is 5.73 Å². The van der Waals surface area contributed by atoms with Crippen molar-refractivity contribution in [1.82, 2.24) is 0 Å². The van der Waals surface area contributed by atoms with Crippen LogP contribution in [0.4, 0.5) is 0 Å². The van der Waals surface area contributed by atoms with E-state index in [2.05, 4.69) is 6.92 Å². The number of rotatable bonds is 3. The molecule has 0 aromatic rings. The number of aliphatic hydroxyl groups excluding tert-OH is 1. The van der Waals surface area contributed by atoms with E-state index in [1.807, 2.05) is 11.8 Å². The first kappa shape index (κ1) is 13.7. The number of hydrogen-bond donors (Lipinski definition) is 2. The second-order valence-electron chi connectivity index (χ2n) is 6.19. The van der Waals surface area contributed by atoms with Crippen LogP contribution in [0.5, 0.6) is 0 Å². The molecule has 2 rings (SSSR count). The molecule has 3 heteroatoms. The summed E-state index contributed by atoms with van der Waals surface area (Å²) in [7, 11) is 0. The summed E-state index contributed by atoms with van der Waals surface area (Å²) in [6.07, 6.45) is 7.13. The average Bonchev–Trinajstić information content (AvgIpc) is 2.38. The van der Waals surface area contributed by atoms with Crippen molar-refractivity contribution in [2.24, 2.45) is 23.0 Å². The molecule has 4 unspecified atom stereocenters. The van der Waals surface area contributed by atoms with Crippen LogP contribution in [0.15, 0.2) is 0 Å². The fraction of sp³-hybridized carbons (Fsp3) is 1.00.